The monoisotopic (exact) mass is 335 g/mol. The lowest BCUT2D eigenvalue weighted by atomic mass is 10.2. The van der Waals surface area contributed by atoms with Gasteiger partial charge in [0.1, 0.15) is 19.5 Å². The van der Waals surface area contributed by atoms with Gasteiger partial charge < -0.3 is 24.8 Å². The summed E-state index contributed by atoms with van der Waals surface area (Å²) < 4.78 is 16.9. The number of benzene rings is 1. The third-order valence-electron chi connectivity index (χ3n) is 3.34. The number of rotatable bonds is 1. The summed E-state index contributed by atoms with van der Waals surface area (Å²) in [6, 6.07) is 5.16. The predicted octanol–water partition coefficient (Wildman–Crippen LogP) is 0.537. The Hall–Kier alpha value is -1.96. The number of hydrogen-bond acceptors (Lipinski definition) is 7. The summed E-state index contributed by atoms with van der Waals surface area (Å²) in [5, 5.41) is 6.59. The maximum absolute atomic E-state index is 10.9. The molecule has 0 amide bonds. The van der Waals surface area contributed by atoms with Gasteiger partial charge in [-0.3, -0.25) is 9.79 Å². The van der Waals surface area contributed by atoms with Gasteiger partial charge in [-0.05, 0) is 18.2 Å². The first-order valence-electron chi connectivity index (χ1n) is 8.22. The molecular formula is C17H25N3O4. The lowest BCUT2D eigenvalue weighted by Crippen LogP contribution is -2.31. The maximum Gasteiger partial charge on any atom is 0.161 e. The minimum absolute atomic E-state index is 0.412. The Bertz CT molecular complexity index is 523. The van der Waals surface area contributed by atoms with Gasteiger partial charge in [0.15, 0.2) is 11.5 Å². The average Bonchev–Trinajstić information content (AvgIpc) is 2.61. The van der Waals surface area contributed by atoms with Crippen molar-refractivity contribution in [3.05, 3.63) is 23.8 Å². The van der Waals surface area contributed by atoms with E-state index in [-0.39, 0.29) is 0 Å². The van der Waals surface area contributed by atoms with Crippen molar-refractivity contribution in [1.29, 1.82) is 0 Å². The maximum atomic E-state index is 10.9. The molecule has 1 heterocycles. The van der Waals surface area contributed by atoms with Crippen LogP contribution in [-0.2, 0) is 4.74 Å². The molecule has 0 bridgehead atoms. The van der Waals surface area contributed by atoms with Crippen LogP contribution in [0.3, 0.4) is 0 Å². The lowest BCUT2D eigenvalue weighted by Gasteiger charge is -2.13. The van der Waals surface area contributed by atoms with Crippen LogP contribution < -0.4 is 20.1 Å². The van der Waals surface area contributed by atoms with Gasteiger partial charge in [0.25, 0.3) is 0 Å². The van der Waals surface area contributed by atoms with Crippen LogP contribution in [-0.4, -0.2) is 71.7 Å². The summed E-state index contributed by atoms with van der Waals surface area (Å²) in [5.74, 6) is 1.20. The number of carbonyl (C=O) groups is 1. The molecule has 1 aromatic carbocycles. The molecule has 1 aliphatic heterocycles. The highest BCUT2D eigenvalue weighted by molar-refractivity contribution is 5.76. The highest BCUT2D eigenvalue weighted by Crippen LogP contribution is 2.27. The first-order valence-corrected chi connectivity index (χ1v) is 8.22. The van der Waals surface area contributed by atoms with E-state index in [2.05, 4.69) is 15.6 Å². The zero-order chi connectivity index (χ0) is 16.9. The minimum Gasteiger partial charge on any atom is -0.488 e. The van der Waals surface area contributed by atoms with Crippen molar-refractivity contribution in [3.63, 3.8) is 0 Å². The molecule has 24 heavy (non-hydrogen) atoms. The van der Waals surface area contributed by atoms with Crippen molar-refractivity contribution in [3.8, 4) is 11.5 Å². The van der Waals surface area contributed by atoms with E-state index < -0.39 is 0 Å². The number of fused-ring (bicyclic) bond motifs is 1. The van der Waals surface area contributed by atoms with Crippen LogP contribution in [0.25, 0.3) is 0 Å². The van der Waals surface area contributed by atoms with Crippen LogP contribution in [0.4, 0.5) is 0 Å². The van der Waals surface area contributed by atoms with Crippen molar-refractivity contribution in [2.45, 2.75) is 0 Å². The Balaban J connectivity index is 1.93. The van der Waals surface area contributed by atoms with Gasteiger partial charge in [0.05, 0.1) is 19.8 Å². The Kier molecular flexibility index (Phi) is 8.85. The molecule has 0 saturated heterocycles. The smallest absolute Gasteiger partial charge is 0.161 e. The molecule has 2 N–H and O–H groups in total. The van der Waals surface area contributed by atoms with Crippen LogP contribution in [0.5, 0.6) is 11.5 Å². The molecule has 0 saturated carbocycles. The number of aldehydes is 1. The van der Waals surface area contributed by atoms with Crippen LogP contribution >= 0.6 is 0 Å². The fourth-order valence-corrected chi connectivity index (χ4v) is 2.12. The van der Waals surface area contributed by atoms with E-state index in [1.165, 1.54) is 0 Å². The highest BCUT2D eigenvalue weighted by Gasteiger charge is 2.07. The van der Waals surface area contributed by atoms with Crippen molar-refractivity contribution >= 4 is 12.5 Å². The first kappa shape index (κ1) is 18.4. The van der Waals surface area contributed by atoms with Crippen LogP contribution in [0.15, 0.2) is 23.2 Å². The quantitative estimate of drug-likeness (QED) is 0.729. The van der Waals surface area contributed by atoms with E-state index in [0.29, 0.717) is 50.0 Å². The Morgan fingerprint density at radius 3 is 2.58 bits per heavy atom. The van der Waals surface area contributed by atoms with Gasteiger partial charge in [0, 0.05) is 38.0 Å². The number of nitrogens with one attached hydrogen (secondary N) is 2. The summed E-state index contributed by atoms with van der Waals surface area (Å²) in [5.41, 5.74) is 0.556. The molecule has 0 aliphatic carbocycles. The molecule has 0 spiro atoms. The zero-order valence-electron chi connectivity index (χ0n) is 13.8. The summed E-state index contributed by atoms with van der Waals surface area (Å²) in [6.45, 7) is 5.90. The second-order valence-corrected chi connectivity index (χ2v) is 5.18. The van der Waals surface area contributed by atoms with Crippen LogP contribution in [0, 0.1) is 0 Å². The van der Waals surface area contributed by atoms with E-state index in [4.69, 9.17) is 14.2 Å². The minimum atomic E-state index is 0.412. The zero-order valence-corrected chi connectivity index (χ0v) is 13.8. The van der Waals surface area contributed by atoms with Crippen molar-refractivity contribution < 1.29 is 19.0 Å². The second-order valence-electron chi connectivity index (χ2n) is 5.18. The second kappa shape index (κ2) is 11.6. The van der Waals surface area contributed by atoms with Gasteiger partial charge in [-0.2, -0.15) is 0 Å². The van der Waals surface area contributed by atoms with Gasteiger partial charge in [-0.25, -0.2) is 0 Å². The first-order chi connectivity index (χ1) is 11.9. The normalized spacial score (nSPS) is 18.3. The van der Waals surface area contributed by atoms with E-state index >= 15 is 0 Å². The molecule has 0 aromatic heterocycles. The largest absolute Gasteiger partial charge is 0.488 e. The van der Waals surface area contributed by atoms with E-state index in [0.717, 1.165) is 32.5 Å². The number of ether oxygens (including phenoxy) is 3. The molecule has 2 rings (SSSR count). The van der Waals surface area contributed by atoms with Gasteiger partial charge >= 0.3 is 0 Å². The SMILES string of the molecule is O=Cc1ccc2c(c1)OCCN=CCOCCNCCNCCO2. The van der Waals surface area contributed by atoms with Gasteiger partial charge in [-0.1, -0.05) is 0 Å². The van der Waals surface area contributed by atoms with E-state index in [1.54, 1.807) is 24.4 Å². The lowest BCUT2D eigenvalue weighted by molar-refractivity contribution is 0.112. The van der Waals surface area contributed by atoms with Crippen molar-refractivity contribution in [2.24, 2.45) is 4.99 Å². The summed E-state index contributed by atoms with van der Waals surface area (Å²) in [6.07, 6.45) is 2.53. The number of hydrogen-bond donors (Lipinski definition) is 2. The topological polar surface area (TPSA) is 81.2 Å². The summed E-state index contributed by atoms with van der Waals surface area (Å²) in [7, 11) is 0. The fraction of sp³-hybridized carbons (Fsp3) is 0.529. The standard InChI is InChI=1S/C17H25N3O4/c21-14-15-1-2-16-17(13-15)24-12-8-20-6-10-22-9-5-18-3-4-19-7-11-23-16/h1-2,6,13-14,18-19H,3-5,7-12H2. The van der Waals surface area contributed by atoms with Gasteiger partial charge in [-0.15, -0.1) is 0 Å². The number of aliphatic imine (C=N–C) groups is 1. The summed E-state index contributed by atoms with van der Waals surface area (Å²) >= 11 is 0. The molecule has 0 atom stereocenters. The molecule has 1 aliphatic rings. The number of nitrogens with zero attached hydrogens (tertiary/aromatic N) is 1. The Morgan fingerprint density at radius 2 is 1.75 bits per heavy atom. The number of carbonyl (C=O) groups excluding carboxylic acids is 1. The summed E-state index contributed by atoms with van der Waals surface area (Å²) in [4.78, 5) is 15.2. The van der Waals surface area contributed by atoms with Crippen LogP contribution in [0.1, 0.15) is 10.4 Å². The Morgan fingerprint density at radius 1 is 0.958 bits per heavy atom. The molecular weight excluding hydrogens is 310 g/mol. The predicted molar refractivity (Wildman–Crippen MR) is 92.7 cm³/mol. The molecule has 0 radical (unpaired) electrons. The van der Waals surface area contributed by atoms with Crippen LogP contribution in [0.2, 0.25) is 0 Å². The van der Waals surface area contributed by atoms with Crippen molar-refractivity contribution in [1.82, 2.24) is 10.6 Å². The Labute approximate surface area is 142 Å². The highest BCUT2D eigenvalue weighted by atomic mass is 16.5. The molecule has 132 valence electrons. The molecule has 0 fully saturated rings. The fourth-order valence-electron chi connectivity index (χ4n) is 2.12. The third kappa shape index (κ3) is 7.08. The molecule has 1 aromatic rings. The molecule has 7 nitrogen and oxygen atoms in total. The van der Waals surface area contributed by atoms with Gasteiger partial charge in [0.2, 0.25) is 0 Å². The molecule has 0 unspecified atom stereocenters. The van der Waals surface area contributed by atoms with Crippen molar-refractivity contribution in [2.75, 3.05) is 59.2 Å². The molecule has 7 heteroatoms. The average molecular weight is 335 g/mol. The van der Waals surface area contributed by atoms with E-state index in [9.17, 15) is 4.79 Å². The van der Waals surface area contributed by atoms with E-state index in [1.807, 2.05) is 0 Å². The third-order valence-corrected chi connectivity index (χ3v) is 3.34.